The number of carbonyl (C=O) groups excluding carboxylic acids is 1. The van der Waals surface area contributed by atoms with Crippen molar-refractivity contribution in [1.29, 1.82) is 0 Å². The van der Waals surface area contributed by atoms with Crippen molar-refractivity contribution in [2.24, 2.45) is 0 Å². The van der Waals surface area contributed by atoms with Gasteiger partial charge in [-0.1, -0.05) is 0 Å². The van der Waals surface area contributed by atoms with Gasteiger partial charge in [0.2, 0.25) is 0 Å². The van der Waals surface area contributed by atoms with Crippen LogP contribution in [-0.4, -0.2) is 46.8 Å². The number of pyridine rings is 1. The number of rotatable bonds is 0. The predicted molar refractivity (Wildman–Crippen MR) is 89.2 cm³/mol. The molecule has 1 fully saturated rings. The van der Waals surface area contributed by atoms with E-state index in [2.05, 4.69) is 38.8 Å². The highest BCUT2D eigenvalue weighted by molar-refractivity contribution is 9.10. The quantitative estimate of drug-likeness (QED) is 0.706. The molecule has 1 aromatic heterocycles. The molecule has 0 N–H and O–H groups in total. The highest BCUT2D eigenvalue weighted by Crippen LogP contribution is 2.36. The normalized spacial score (nSPS) is 24.0. The van der Waals surface area contributed by atoms with E-state index in [1.54, 1.807) is 0 Å². The van der Waals surface area contributed by atoms with Crippen LogP contribution in [0.1, 0.15) is 33.3 Å². The van der Waals surface area contributed by atoms with Gasteiger partial charge in [0, 0.05) is 29.8 Å². The number of amides is 1. The smallest absolute Gasteiger partial charge is 0.410 e. The zero-order valence-corrected chi connectivity index (χ0v) is 15.1. The number of hydrogen-bond donors (Lipinski definition) is 0. The third-order valence-electron chi connectivity index (χ3n) is 4.05. The van der Waals surface area contributed by atoms with Crippen LogP contribution < -0.4 is 4.90 Å². The SMILES string of the molecule is C[C@@H]1CN(C(=O)OC(C)(C)C)C[C@H]2Cc3cc(Br)cnc3N21. The minimum atomic E-state index is -0.456. The van der Waals surface area contributed by atoms with E-state index in [0.717, 1.165) is 16.7 Å². The monoisotopic (exact) mass is 367 g/mol. The summed E-state index contributed by atoms with van der Waals surface area (Å²) in [6, 6.07) is 2.65. The first-order valence-corrected chi connectivity index (χ1v) is 8.44. The third kappa shape index (κ3) is 2.93. The van der Waals surface area contributed by atoms with Gasteiger partial charge in [0.05, 0.1) is 6.04 Å². The summed E-state index contributed by atoms with van der Waals surface area (Å²) >= 11 is 3.48. The Morgan fingerprint density at radius 3 is 2.82 bits per heavy atom. The summed E-state index contributed by atoms with van der Waals surface area (Å²) in [7, 11) is 0. The first-order chi connectivity index (χ1) is 10.2. The zero-order chi connectivity index (χ0) is 16.1. The molecule has 2 atom stereocenters. The van der Waals surface area contributed by atoms with E-state index in [4.69, 9.17) is 4.74 Å². The van der Waals surface area contributed by atoms with Crippen LogP contribution in [0, 0.1) is 0 Å². The van der Waals surface area contributed by atoms with Crippen molar-refractivity contribution in [2.75, 3.05) is 18.0 Å². The number of fused-ring (bicyclic) bond motifs is 3. The summed E-state index contributed by atoms with van der Waals surface area (Å²) in [6.45, 7) is 9.20. The number of ether oxygens (including phenoxy) is 1. The molecule has 6 heteroatoms. The van der Waals surface area contributed by atoms with Gasteiger partial charge >= 0.3 is 6.09 Å². The molecule has 1 saturated heterocycles. The molecule has 0 bridgehead atoms. The molecule has 0 saturated carbocycles. The summed E-state index contributed by atoms with van der Waals surface area (Å²) in [4.78, 5) is 21.1. The number of piperazine rings is 1. The van der Waals surface area contributed by atoms with Crippen LogP contribution in [0.4, 0.5) is 10.6 Å². The third-order valence-corrected chi connectivity index (χ3v) is 4.48. The Morgan fingerprint density at radius 1 is 1.41 bits per heavy atom. The molecule has 22 heavy (non-hydrogen) atoms. The number of halogens is 1. The van der Waals surface area contributed by atoms with Crippen LogP contribution in [0.2, 0.25) is 0 Å². The van der Waals surface area contributed by atoms with Crippen molar-refractivity contribution < 1.29 is 9.53 Å². The fraction of sp³-hybridized carbons (Fsp3) is 0.625. The van der Waals surface area contributed by atoms with Gasteiger partial charge in [0.1, 0.15) is 11.4 Å². The number of nitrogens with zero attached hydrogens (tertiary/aromatic N) is 3. The van der Waals surface area contributed by atoms with Gasteiger partial charge in [-0.3, -0.25) is 0 Å². The van der Waals surface area contributed by atoms with Crippen LogP contribution in [0.15, 0.2) is 16.7 Å². The number of aromatic nitrogens is 1. The maximum atomic E-state index is 12.3. The molecule has 3 heterocycles. The molecule has 0 aliphatic carbocycles. The fourth-order valence-corrected chi connectivity index (χ4v) is 3.69. The molecular formula is C16H22BrN3O2. The Hall–Kier alpha value is -1.30. The first kappa shape index (κ1) is 15.6. The average molecular weight is 368 g/mol. The number of carbonyl (C=O) groups is 1. The molecule has 1 amide bonds. The summed E-state index contributed by atoms with van der Waals surface area (Å²) in [5, 5.41) is 0. The van der Waals surface area contributed by atoms with Gasteiger partial charge in [-0.15, -0.1) is 0 Å². The highest BCUT2D eigenvalue weighted by atomic mass is 79.9. The van der Waals surface area contributed by atoms with Crippen molar-refractivity contribution in [3.8, 4) is 0 Å². The maximum Gasteiger partial charge on any atom is 0.410 e. The summed E-state index contributed by atoms with van der Waals surface area (Å²) < 4.78 is 6.52. The Bertz CT molecular complexity index is 600. The van der Waals surface area contributed by atoms with Crippen molar-refractivity contribution in [1.82, 2.24) is 9.88 Å². The van der Waals surface area contributed by atoms with E-state index in [-0.39, 0.29) is 18.2 Å². The van der Waals surface area contributed by atoms with E-state index in [9.17, 15) is 4.79 Å². The summed E-state index contributed by atoms with van der Waals surface area (Å²) in [5.41, 5.74) is 0.792. The van der Waals surface area contributed by atoms with Gasteiger partial charge in [0.25, 0.3) is 0 Å². The lowest BCUT2D eigenvalue weighted by Crippen LogP contribution is -2.58. The maximum absolute atomic E-state index is 12.3. The largest absolute Gasteiger partial charge is 0.444 e. The average Bonchev–Trinajstić information content (AvgIpc) is 2.74. The van der Waals surface area contributed by atoms with Gasteiger partial charge < -0.3 is 14.5 Å². The van der Waals surface area contributed by atoms with Crippen molar-refractivity contribution in [2.45, 2.75) is 51.8 Å². The molecule has 0 spiro atoms. The number of anilines is 1. The van der Waals surface area contributed by atoms with Crippen molar-refractivity contribution >= 4 is 27.8 Å². The Labute approximate surface area is 139 Å². The Balaban J connectivity index is 1.77. The second-order valence-electron chi connectivity index (χ2n) is 7.14. The van der Waals surface area contributed by atoms with E-state index >= 15 is 0 Å². The lowest BCUT2D eigenvalue weighted by Gasteiger charge is -2.43. The molecule has 0 unspecified atom stereocenters. The van der Waals surface area contributed by atoms with Crippen molar-refractivity contribution in [3.05, 3.63) is 22.3 Å². The van der Waals surface area contributed by atoms with Crippen LogP contribution in [-0.2, 0) is 11.2 Å². The lowest BCUT2D eigenvalue weighted by atomic mass is 10.1. The Kier molecular flexibility index (Phi) is 3.83. The minimum Gasteiger partial charge on any atom is -0.444 e. The number of hydrogen-bond acceptors (Lipinski definition) is 4. The van der Waals surface area contributed by atoms with Gasteiger partial charge in [-0.2, -0.15) is 0 Å². The second-order valence-corrected chi connectivity index (χ2v) is 8.05. The molecule has 1 aromatic rings. The molecule has 0 radical (unpaired) electrons. The summed E-state index contributed by atoms with van der Waals surface area (Å²) in [5.74, 6) is 1.06. The molecule has 2 aliphatic heterocycles. The summed E-state index contributed by atoms with van der Waals surface area (Å²) in [6.07, 6.45) is 2.55. The van der Waals surface area contributed by atoms with Gasteiger partial charge in [0.15, 0.2) is 0 Å². The van der Waals surface area contributed by atoms with E-state index < -0.39 is 5.60 Å². The molecule has 5 nitrogen and oxygen atoms in total. The van der Waals surface area contributed by atoms with Crippen molar-refractivity contribution in [3.63, 3.8) is 0 Å². The van der Waals surface area contributed by atoms with Gasteiger partial charge in [-0.25, -0.2) is 9.78 Å². The molecule has 2 aliphatic rings. The standard InChI is InChI=1S/C16H22BrN3O2/c1-10-8-19(15(21)22-16(2,3)4)9-13-6-11-5-12(17)7-18-14(11)20(10)13/h5,7,10,13H,6,8-9H2,1-4H3/t10-,13-/m1/s1. The molecular weight excluding hydrogens is 346 g/mol. The van der Waals surface area contributed by atoms with Gasteiger partial charge in [-0.05, 0) is 61.7 Å². The van der Waals surface area contributed by atoms with Crippen LogP contribution in [0.25, 0.3) is 0 Å². The highest BCUT2D eigenvalue weighted by Gasteiger charge is 2.41. The van der Waals surface area contributed by atoms with E-state index in [1.165, 1.54) is 5.56 Å². The fourth-order valence-electron chi connectivity index (χ4n) is 3.31. The van der Waals surface area contributed by atoms with Crippen LogP contribution in [0.3, 0.4) is 0 Å². The first-order valence-electron chi connectivity index (χ1n) is 7.65. The molecule has 3 rings (SSSR count). The lowest BCUT2D eigenvalue weighted by molar-refractivity contribution is 0.0191. The van der Waals surface area contributed by atoms with Crippen LogP contribution in [0.5, 0.6) is 0 Å². The zero-order valence-electron chi connectivity index (χ0n) is 13.5. The topological polar surface area (TPSA) is 45.7 Å². The molecule has 120 valence electrons. The van der Waals surface area contributed by atoms with Crippen LogP contribution >= 0.6 is 15.9 Å². The van der Waals surface area contributed by atoms with E-state index in [0.29, 0.717) is 13.1 Å². The van der Waals surface area contributed by atoms with E-state index in [1.807, 2.05) is 31.9 Å². The molecule has 0 aromatic carbocycles. The Morgan fingerprint density at radius 2 is 2.14 bits per heavy atom. The second kappa shape index (κ2) is 5.41. The minimum absolute atomic E-state index is 0.218. The predicted octanol–water partition coefficient (Wildman–Crippen LogP) is 3.21.